The van der Waals surface area contributed by atoms with E-state index >= 15 is 0 Å². The van der Waals surface area contributed by atoms with Crippen molar-refractivity contribution in [2.45, 2.75) is 45.6 Å². The van der Waals surface area contributed by atoms with Gasteiger partial charge in [-0.2, -0.15) is 0 Å². The van der Waals surface area contributed by atoms with Crippen LogP contribution in [0, 0.1) is 5.92 Å². The van der Waals surface area contributed by atoms with Crippen molar-refractivity contribution >= 4 is 5.91 Å². The van der Waals surface area contributed by atoms with Crippen LogP contribution in [0.15, 0.2) is 11.6 Å². The summed E-state index contributed by atoms with van der Waals surface area (Å²) in [4.78, 5) is 14.4. The van der Waals surface area contributed by atoms with Gasteiger partial charge in [0.25, 0.3) is 0 Å². The number of nitrogens with zero attached hydrogens (tertiary/aromatic N) is 1. The Hall–Kier alpha value is -0.830. The van der Waals surface area contributed by atoms with Gasteiger partial charge in [-0.15, -0.1) is 0 Å². The van der Waals surface area contributed by atoms with Gasteiger partial charge in [0.2, 0.25) is 5.91 Å². The summed E-state index contributed by atoms with van der Waals surface area (Å²) < 4.78 is 0. The lowest BCUT2D eigenvalue weighted by molar-refractivity contribution is -0.134. The van der Waals surface area contributed by atoms with Crippen LogP contribution < -0.4 is 5.32 Å². The van der Waals surface area contributed by atoms with Crippen molar-refractivity contribution in [2.75, 3.05) is 19.6 Å². The number of nitrogens with one attached hydrogen (secondary N) is 1. The third-order valence-corrected chi connectivity index (χ3v) is 4.03. The molecule has 1 saturated heterocycles. The first kappa shape index (κ1) is 12.6. The highest BCUT2D eigenvalue weighted by atomic mass is 16.2. The molecule has 1 N–H and O–H groups in total. The second-order valence-electron chi connectivity index (χ2n) is 5.40. The fourth-order valence-electron chi connectivity index (χ4n) is 2.88. The fraction of sp³-hybridized carbons (Fsp3) is 0.786. The van der Waals surface area contributed by atoms with E-state index in [1.54, 1.807) is 0 Å². The molecule has 3 nitrogen and oxygen atoms in total. The highest BCUT2D eigenvalue weighted by Crippen LogP contribution is 2.21. The number of carbonyl (C=O) groups excluding carboxylic acids is 1. The summed E-state index contributed by atoms with van der Waals surface area (Å²) in [5, 5.41) is 3.38. The largest absolute Gasteiger partial charge is 0.337 e. The van der Waals surface area contributed by atoms with E-state index in [4.69, 9.17) is 0 Å². The third kappa shape index (κ3) is 3.09. The van der Waals surface area contributed by atoms with Crippen molar-refractivity contribution in [3.05, 3.63) is 11.6 Å². The van der Waals surface area contributed by atoms with Gasteiger partial charge in [0, 0.05) is 13.1 Å². The summed E-state index contributed by atoms with van der Waals surface area (Å²) in [6, 6.07) is 0.0691. The number of rotatable bonds is 2. The molecular formula is C14H24N2O. The van der Waals surface area contributed by atoms with Gasteiger partial charge in [-0.1, -0.05) is 25.0 Å². The average molecular weight is 236 g/mol. The average Bonchev–Trinajstić information content (AvgIpc) is 2.38. The molecule has 2 aliphatic heterocycles. The minimum absolute atomic E-state index is 0.0691. The molecule has 2 aliphatic rings. The van der Waals surface area contributed by atoms with Crippen LogP contribution in [0.4, 0.5) is 0 Å². The van der Waals surface area contributed by atoms with Gasteiger partial charge in [0.1, 0.15) is 0 Å². The highest BCUT2D eigenvalue weighted by Gasteiger charge is 2.29. The third-order valence-electron chi connectivity index (χ3n) is 4.03. The molecule has 3 heteroatoms. The minimum Gasteiger partial charge on any atom is -0.337 e. The summed E-state index contributed by atoms with van der Waals surface area (Å²) >= 11 is 0. The van der Waals surface area contributed by atoms with Crippen LogP contribution in [-0.2, 0) is 4.79 Å². The van der Waals surface area contributed by atoms with Crippen molar-refractivity contribution < 1.29 is 4.79 Å². The van der Waals surface area contributed by atoms with Crippen molar-refractivity contribution in [3.8, 4) is 0 Å². The van der Waals surface area contributed by atoms with E-state index in [0.29, 0.717) is 5.91 Å². The molecule has 0 aromatic carbocycles. The monoisotopic (exact) mass is 236 g/mol. The number of carbonyl (C=O) groups is 1. The molecule has 1 fully saturated rings. The Balaban J connectivity index is 1.93. The van der Waals surface area contributed by atoms with Crippen LogP contribution in [0.1, 0.15) is 39.5 Å². The van der Waals surface area contributed by atoms with Crippen LogP contribution in [0.3, 0.4) is 0 Å². The van der Waals surface area contributed by atoms with Crippen LogP contribution in [-0.4, -0.2) is 36.5 Å². The van der Waals surface area contributed by atoms with Crippen molar-refractivity contribution in [3.63, 3.8) is 0 Å². The van der Waals surface area contributed by atoms with Crippen LogP contribution >= 0.6 is 0 Å². The molecule has 0 spiro atoms. The predicted molar refractivity (Wildman–Crippen MR) is 69.8 cm³/mol. The molecule has 2 rings (SSSR count). The summed E-state index contributed by atoms with van der Waals surface area (Å²) in [6.45, 7) is 7.06. The summed E-state index contributed by atoms with van der Waals surface area (Å²) in [5.41, 5.74) is 1.33. The molecule has 0 aliphatic carbocycles. The van der Waals surface area contributed by atoms with E-state index in [-0.39, 0.29) is 6.04 Å². The van der Waals surface area contributed by atoms with Gasteiger partial charge >= 0.3 is 0 Å². The lowest BCUT2D eigenvalue weighted by Gasteiger charge is -2.34. The van der Waals surface area contributed by atoms with Gasteiger partial charge in [-0.3, -0.25) is 4.79 Å². The Labute approximate surface area is 104 Å². The first-order valence-electron chi connectivity index (χ1n) is 6.88. The predicted octanol–water partition coefficient (Wildman–Crippen LogP) is 1.94. The van der Waals surface area contributed by atoms with Crippen LogP contribution in [0.2, 0.25) is 0 Å². The first-order chi connectivity index (χ1) is 8.20. The number of hydrogen-bond donors (Lipinski definition) is 1. The lowest BCUT2D eigenvalue weighted by atomic mass is 9.89. The van der Waals surface area contributed by atoms with E-state index in [1.165, 1.54) is 18.4 Å². The topological polar surface area (TPSA) is 32.3 Å². The van der Waals surface area contributed by atoms with Crippen LogP contribution in [0.25, 0.3) is 0 Å². The van der Waals surface area contributed by atoms with E-state index in [2.05, 4.69) is 25.2 Å². The maximum Gasteiger partial charge on any atom is 0.240 e. The van der Waals surface area contributed by atoms with Crippen LogP contribution in [0.5, 0.6) is 0 Å². The fourth-order valence-corrected chi connectivity index (χ4v) is 2.88. The second kappa shape index (κ2) is 5.67. The summed E-state index contributed by atoms with van der Waals surface area (Å²) in [6.07, 6.45) is 6.70. The van der Waals surface area contributed by atoms with E-state index in [9.17, 15) is 4.79 Å². The summed E-state index contributed by atoms with van der Waals surface area (Å²) in [7, 11) is 0. The van der Waals surface area contributed by atoms with Gasteiger partial charge in [0.15, 0.2) is 0 Å². The van der Waals surface area contributed by atoms with E-state index in [1.807, 2.05) is 4.90 Å². The SMILES string of the molecule is CCC1CCNC(C(=O)N2CCC=C(C)C2)C1. The first-order valence-corrected chi connectivity index (χ1v) is 6.88. The Morgan fingerprint density at radius 1 is 1.59 bits per heavy atom. The molecule has 0 bridgehead atoms. The molecule has 0 saturated carbocycles. The number of hydrogen-bond acceptors (Lipinski definition) is 2. The minimum atomic E-state index is 0.0691. The van der Waals surface area contributed by atoms with Gasteiger partial charge in [0.05, 0.1) is 6.04 Å². The molecule has 1 amide bonds. The lowest BCUT2D eigenvalue weighted by Crippen LogP contribution is -2.51. The van der Waals surface area contributed by atoms with E-state index < -0.39 is 0 Å². The maximum absolute atomic E-state index is 12.4. The van der Waals surface area contributed by atoms with Crippen molar-refractivity contribution in [1.82, 2.24) is 10.2 Å². The number of amides is 1. The molecule has 0 aromatic heterocycles. The smallest absolute Gasteiger partial charge is 0.240 e. The second-order valence-corrected chi connectivity index (χ2v) is 5.40. The van der Waals surface area contributed by atoms with Gasteiger partial charge in [-0.05, 0) is 38.6 Å². The van der Waals surface area contributed by atoms with E-state index in [0.717, 1.165) is 38.4 Å². The molecular weight excluding hydrogens is 212 g/mol. The summed E-state index contributed by atoms with van der Waals surface area (Å²) in [5.74, 6) is 1.04. The zero-order chi connectivity index (χ0) is 12.3. The van der Waals surface area contributed by atoms with Gasteiger partial charge in [-0.25, -0.2) is 0 Å². The Bertz CT molecular complexity index is 311. The molecule has 96 valence electrons. The standard InChI is InChI=1S/C14H24N2O/c1-3-12-6-7-15-13(9-12)14(17)16-8-4-5-11(2)10-16/h5,12-13,15H,3-4,6-10H2,1-2H3. The molecule has 2 unspecified atom stereocenters. The molecule has 0 radical (unpaired) electrons. The van der Waals surface area contributed by atoms with Crippen molar-refractivity contribution in [1.29, 1.82) is 0 Å². The molecule has 17 heavy (non-hydrogen) atoms. The maximum atomic E-state index is 12.4. The molecule has 2 atom stereocenters. The zero-order valence-corrected chi connectivity index (χ0v) is 11.0. The quantitative estimate of drug-likeness (QED) is 0.743. The van der Waals surface area contributed by atoms with Crippen molar-refractivity contribution in [2.24, 2.45) is 5.92 Å². The molecule has 0 aromatic rings. The number of piperidine rings is 1. The Morgan fingerprint density at radius 2 is 2.41 bits per heavy atom. The molecule has 2 heterocycles. The Kier molecular flexibility index (Phi) is 4.21. The zero-order valence-electron chi connectivity index (χ0n) is 11.0. The highest BCUT2D eigenvalue weighted by molar-refractivity contribution is 5.82. The van der Waals surface area contributed by atoms with Gasteiger partial charge < -0.3 is 10.2 Å². The normalized spacial score (nSPS) is 30.0. The Morgan fingerprint density at radius 3 is 3.12 bits per heavy atom.